The van der Waals surface area contributed by atoms with Gasteiger partial charge >= 0.3 is 5.97 Å². The highest BCUT2D eigenvalue weighted by Gasteiger charge is 2.63. The summed E-state index contributed by atoms with van der Waals surface area (Å²) in [6.07, 6.45) is 0.950. The third-order valence-electron chi connectivity index (χ3n) is 4.40. The Labute approximate surface area is 107 Å². The van der Waals surface area contributed by atoms with E-state index in [1.54, 1.807) is 0 Å². The van der Waals surface area contributed by atoms with Crippen molar-refractivity contribution in [2.24, 2.45) is 11.3 Å². The van der Waals surface area contributed by atoms with Gasteiger partial charge in [-0.1, -0.05) is 26.0 Å². The van der Waals surface area contributed by atoms with E-state index in [-0.39, 0.29) is 23.2 Å². The van der Waals surface area contributed by atoms with Crippen molar-refractivity contribution in [1.29, 1.82) is 0 Å². The first kappa shape index (κ1) is 11.6. The van der Waals surface area contributed by atoms with Gasteiger partial charge in [0, 0.05) is 17.9 Å². The number of carbonyl (C=O) groups excluding carboxylic acids is 1. The van der Waals surface area contributed by atoms with Gasteiger partial charge in [-0.2, -0.15) is 0 Å². The molecule has 0 bridgehead atoms. The largest absolute Gasteiger partial charge is 0.493 e. The summed E-state index contributed by atoms with van der Waals surface area (Å²) < 4.78 is 10.5. The van der Waals surface area contributed by atoms with Crippen LogP contribution in [-0.2, 0) is 16.0 Å². The number of esters is 1. The number of methoxy groups -OCH3 is 1. The van der Waals surface area contributed by atoms with Crippen molar-refractivity contribution >= 4 is 5.97 Å². The molecule has 0 N–H and O–H groups in total. The number of hydrogen-bond acceptors (Lipinski definition) is 3. The number of carbonyl (C=O) groups is 1. The summed E-state index contributed by atoms with van der Waals surface area (Å²) in [6.45, 7) is 5.02. The second kappa shape index (κ2) is 3.74. The lowest BCUT2D eigenvalue weighted by Gasteiger charge is -2.07. The van der Waals surface area contributed by atoms with Crippen LogP contribution in [0.5, 0.6) is 5.75 Å². The van der Waals surface area contributed by atoms with Crippen molar-refractivity contribution in [2.45, 2.75) is 26.2 Å². The van der Waals surface area contributed by atoms with Gasteiger partial charge in [0.25, 0.3) is 0 Å². The minimum Gasteiger partial charge on any atom is -0.493 e. The fourth-order valence-corrected chi connectivity index (χ4v) is 3.32. The van der Waals surface area contributed by atoms with Crippen molar-refractivity contribution in [3.05, 3.63) is 29.3 Å². The zero-order valence-corrected chi connectivity index (χ0v) is 11.0. The zero-order chi connectivity index (χ0) is 12.9. The predicted molar refractivity (Wildman–Crippen MR) is 67.7 cm³/mol. The number of fused-ring (bicyclic) bond motifs is 1. The first-order valence-electron chi connectivity index (χ1n) is 6.39. The molecular weight excluding hydrogens is 228 g/mol. The maximum Gasteiger partial charge on any atom is 0.309 e. The van der Waals surface area contributed by atoms with Crippen LogP contribution in [0.4, 0.5) is 0 Å². The summed E-state index contributed by atoms with van der Waals surface area (Å²) in [7, 11) is 1.46. The molecule has 0 spiro atoms. The topological polar surface area (TPSA) is 35.5 Å². The molecule has 1 saturated carbocycles. The normalized spacial score (nSPS) is 27.3. The minimum atomic E-state index is -0.0958. The molecule has 0 radical (unpaired) electrons. The lowest BCUT2D eigenvalue weighted by atomic mass is 9.96. The van der Waals surface area contributed by atoms with E-state index in [9.17, 15) is 4.79 Å². The van der Waals surface area contributed by atoms with Crippen LogP contribution >= 0.6 is 0 Å². The highest BCUT2D eigenvalue weighted by Crippen LogP contribution is 2.65. The SMILES string of the molecule is COC(=O)[C@@H]1[C@@H](c2cccc3c2CCO3)C1(C)C. The second-order valence-electron chi connectivity index (χ2n) is 5.72. The van der Waals surface area contributed by atoms with Gasteiger partial charge in [0.1, 0.15) is 5.75 Å². The zero-order valence-electron chi connectivity index (χ0n) is 11.0. The van der Waals surface area contributed by atoms with Crippen LogP contribution in [0.15, 0.2) is 18.2 Å². The van der Waals surface area contributed by atoms with Gasteiger partial charge in [-0.25, -0.2) is 0 Å². The molecule has 0 unspecified atom stereocenters. The lowest BCUT2D eigenvalue weighted by Crippen LogP contribution is -2.07. The Balaban J connectivity index is 1.98. The van der Waals surface area contributed by atoms with E-state index >= 15 is 0 Å². The molecule has 0 amide bonds. The lowest BCUT2D eigenvalue weighted by molar-refractivity contribution is -0.143. The molecule has 1 fully saturated rings. The van der Waals surface area contributed by atoms with E-state index in [1.165, 1.54) is 18.2 Å². The van der Waals surface area contributed by atoms with E-state index in [1.807, 2.05) is 12.1 Å². The van der Waals surface area contributed by atoms with Crippen LogP contribution < -0.4 is 4.74 Å². The summed E-state index contributed by atoms with van der Waals surface area (Å²) in [4.78, 5) is 11.8. The maximum atomic E-state index is 11.8. The number of ether oxygens (including phenoxy) is 2. The van der Waals surface area contributed by atoms with Crippen LogP contribution in [0.1, 0.15) is 30.9 Å². The molecule has 1 heterocycles. The molecule has 1 aromatic carbocycles. The molecule has 0 saturated heterocycles. The summed E-state index contributed by atoms with van der Waals surface area (Å²) in [5.74, 6) is 1.14. The Morgan fingerprint density at radius 2 is 2.22 bits per heavy atom. The Hall–Kier alpha value is -1.51. The molecule has 1 aliphatic heterocycles. The van der Waals surface area contributed by atoms with Gasteiger partial charge in [0.15, 0.2) is 0 Å². The minimum absolute atomic E-state index is 0.00912. The summed E-state index contributed by atoms with van der Waals surface area (Å²) in [5, 5.41) is 0. The van der Waals surface area contributed by atoms with Gasteiger partial charge in [-0.05, 0) is 17.0 Å². The van der Waals surface area contributed by atoms with Gasteiger partial charge in [-0.15, -0.1) is 0 Å². The molecule has 2 atom stereocenters. The van der Waals surface area contributed by atoms with E-state index in [0.29, 0.717) is 0 Å². The molecule has 3 rings (SSSR count). The number of benzene rings is 1. The quantitative estimate of drug-likeness (QED) is 0.752. The van der Waals surface area contributed by atoms with Crippen molar-refractivity contribution in [3.63, 3.8) is 0 Å². The van der Waals surface area contributed by atoms with Gasteiger partial charge in [0.05, 0.1) is 19.6 Å². The average molecular weight is 246 g/mol. The molecule has 3 nitrogen and oxygen atoms in total. The Kier molecular flexibility index (Phi) is 2.40. The smallest absolute Gasteiger partial charge is 0.309 e. The fourth-order valence-electron chi connectivity index (χ4n) is 3.32. The van der Waals surface area contributed by atoms with Gasteiger partial charge < -0.3 is 9.47 Å². The highest BCUT2D eigenvalue weighted by atomic mass is 16.5. The fraction of sp³-hybridized carbons (Fsp3) is 0.533. The molecular formula is C15H18O3. The maximum absolute atomic E-state index is 11.8. The molecule has 3 heteroatoms. The van der Waals surface area contributed by atoms with Crippen molar-refractivity contribution < 1.29 is 14.3 Å². The molecule has 96 valence electrons. The summed E-state index contributed by atoms with van der Waals surface area (Å²) in [5.41, 5.74) is 2.54. The van der Waals surface area contributed by atoms with Crippen LogP contribution in [0.2, 0.25) is 0 Å². The van der Waals surface area contributed by atoms with Crippen LogP contribution in [-0.4, -0.2) is 19.7 Å². The van der Waals surface area contributed by atoms with Gasteiger partial charge in [0.2, 0.25) is 0 Å². The molecule has 1 aromatic rings. The van der Waals surface area contributed by atoms with Gasteiger partial charge in [-0.3, -0.25) is 4.79 Å². The average Bonchev–Trinajstić information content (AvgIpc) is 2.75. The molecule has 1 aliphatic carbocycles. The number of hydrogen-bond donors (Lipinski definition) is 0. The monoisotopic (exact) mass is 246 g/mol. The van der Waals surface area contributed by atoms with Crippen molar-refractivity contribution in [3.8, 4) is 5.75 Å². The third kappa shape index (κ3) is 1.46. The summed E-state index contributed by atoms with van der Waals surface area (Å²) >= 11 is 0. The Morgan fingerprint density at radius 1 is 1.44 bits per heavy atom. The highest BCUT2D eigenvalue weighted by molar-refractivity contribution is 5.79. The molecule has 18 heavy (non-hydrogen) atoms. The first-order chi connectivity index (χ1) is 8.57. The Bertz CT molecular complexity index is 504. The van der Waals surface area contributed by atoms with Crippen molar-refractivity contribution in [1.82, 2.24) is 0 Å². The third-order valence-corrected chi connectivity index (χ3v) is 4.40. The molecule has 2 aliphatic rings. The van der Waals surface area contributed by atoms with Crippen LogP contribution in [0.3, 0.4) is 0 Å². The standard InChI is InChI=1S/C15H18O3/c1-15(2)12(13(15)14(16)17-3)10-5-4-6-11-9(10)7-8-18-11/h4-6,12-13H,7-8H2,1-3H3/t12-,13+/m1/s1. The van der Waals surface area contributed by atoms with E-state index in [0.717, 1.165) is 18.8 Å². The Morgan fingerprint density at radius 3 is 2.94 bits per heavy atom. The van der Waals surface area contributed by atoms with E-state index in [2.05, 4.69) is 19.9 Å². The van der Waals surface area contributed by atoms with Crippen LogP contribution in [0, 0.1) is 11.3 Å². The second-order valence-corrected chi connectivity index (χ2v) is 5.72. The van der Waals surface area contributed by atoms with E-state index in [4.69, 9.17) is 9.47 Å². The first-order valence-corrected chi connectivity index (χ1v) is 6.39. The van der Waals surface area contributed by atoms with Crippen LogP contribution in [0.25, 0.3) is 0 Å². The summed E-state index contributed by atoms with van der Waals surface area (Å²) in [6, 6.07) is 6.15. The van der Waals surface area contributed by atoms with E-state index < -0.39 is 0 Å². The predicted octanol–water partition coefficient (Wildman–Crippen LogP) is 2.53. The van der Waals surface area contributed by atoms with Crippen molar-refractivity contribution in [2.75, 3.05) is 13.7 Å². The number of rotatable bonds is 2. The molecule has 0 aromatic heterocycles.